The molecule has 0 fully saturated rings. The summed E-state index contributed by atoms with van der Waals surface area (Å²) in [7, 11) is 0. The quantitative estimate of drug-likeness (QED) is 0.866. The first-order valence-electron chi connectivity index (χ1n) is 6.88. The lowest BCUT2D eigenvalue weighted by atomic mass is 10.0. The second-order valence-corrected chi connectivity index (χ2v) is 5.30. The zero-order chi connectivity index (χ0) is 13.7. The number of benzene rings is 1. The van der Waals surface area contributed by atoms with Crippen LogP contribution in [0.1, 0.15) is 25.8 Å². The van der Waals surface area contributed by atoms with Crippen LogP contribution in [-0.2, 0) is 13.0 Å². The van der Waals surface area contributed by atoms with Gasteiger partial charge in [0.05, 0.1) is 6.20 Å². The Morgan fingerprint density at radius 3 is 2.58 bits per heavy atom. The lowest BCUT2D eigenvalue weighted by Gasteiger charge is -2.05. The predicted octanol–water partition coefficient (Wildman–Crippen LogP) is 2.49. The van der Waals surface area contributed by atoms with Crippen LogP contribution in [0.2, 0.25) is 0 Å². The maximum absolute atomic E-state index is 5.49. The van der Waals surface area contributed by atoms with Crippen molar-refractivity contribution in [3.05, 3.63) is 36.0 Å². The molecule has 0 unspecified atom stereocenters. The molecule has 2 rings (SSSR count). The average Bonchev–Trinajstić information content (AvgIpc) is 2.85. The van der Waals surface area contributed by atoms with Crippen molar-refractivity contribution < 1.29 is 0 Å². The zero-order valence-electron chi connectivity index (χ0n) is 11.7. The van der Waals surface area contributed by atoms with Crippen LogP contribution in [0.4, 0.5) is 0 Å². The van der Waals surface area contributed by atoms with Crippen molar-refractivity contribution in [3.8, 4) is 11.3 Å². The van der Waals surface area contributed by atoms with Gasteiger partial charge >= 0.3 is 0 Å². The molecule has 2 N–H and O–H groups in total. The third-order valence-corrected chi connectivity index (χ3v) is 3.02. The number of hydrogen-bond acceptors (Lipinski definition) is 3. The summed E-state index contributed by atoms with van der Waals surface area (Å²) in [6, 6.07) is 8.59. The van der Waals surface area contributed by atoms with Gasteiger partial charge in [0.2, 0.25) is 0 Å². The van der Waals surface area contributed by atoms with Crippen LogP contribution in [0.3, 0.4) is 0 Å². The fourth-order valence-electron chi connectivity index (χ4n) is 2.08. The topological polar surface area (TPSA) is 56.7 Å². The van der Waals surface area contributed by atoms with Gasteiger partial charge in [-0.1, -0.05) is 43.3 Å². The van der Waals surface area contributed by atoms with Crippen LogP contribution >= 0.6 is 0 Å². The summed E-state index contributed by atoms with van der Waals surface area (Å²) in [6.07, 6.45) is 4.02. The molecule has 2 aromatic rings. The summed E-state index contributed by atoms with van der Waals surface area (Å²) >= 11 is 0. The standard InChI is InChI=1S/C15H22N4/c1-12(2)10-13-4-6-14(7-5-13)15-11-19(18-17-15)9-3-8-16/h4-7,11-12H,3,8-10,16H2,1-2H3. The van der Waals surface area contributed by atoms with E-state index in [-0.39, 0.29) is 0 Å². The number of hydrogen-bond donors (Lipinski definition) is 1. The first kappa shape index (κ1) is 13.7. The summed E-state index contributed by atoms with van der Waals surface area (Å²) in [5.41, 5.74) is 8.90. The van der Waals surface area contributed by atoms with Gasteiger partial charge in [-0.15, -0.1) is 5.10 Å². The number of rotatable bonds is 6. The fraction of sp³-hybridized carbons (Fsp3) is 0.467. The molecule has 1 heterocycles. The Morgan fingerprint density at radius 1 is 1.21 bits per heavy atom. The summed E-state index contributed by atoms with van der Waals surface area (Å²) < 4.78 is 1.85. The van der Waals surface area contributed by atoms with E-state index in [2.05, 4.69) is 48.4 Å². The van der Waals surface area contributed by atoms with Crippen molar-refractivity contribution in [2.75, 3.05) is 6.54 Å². The number of aromatic nitrogens is 3. The molecule has 102 valence electrons. The van der Waals surface area contributed by atoms with Gasteiger partial charge in [0.15, 0.2) is 0 Å². The molecule has 0 amide bonds. The number of nitrogens with two attached hydrogens (primary N) is 1. The van der Waals surface area contributed by atoms with Crippen LogP contribution in [0, 0.1) is 5.92 Å². The van der Waals surface area contributed by atoms with Gasteiger partial charge in [-0.2, -0.15) is 0 Å². The van der Waals surface area contributed by atoms with E-state index in [1.54, 1.807) is 0 Å². The average molecular weight is 258 g/mol. The van der Waals surface area contributed by atoms with E-state index < -0.39 is 0 Å². The van der Waals surface area contributed by atoms with E-state index in [4.69, 9.17) is 5.73 Å². The third kappa shape index (κ3) is 3.89. The number of aryl methyl sites for hydroxylation is 1. The molecule has 0 atom stereocenters. The minimum atomic E-state index is 0.680. The fourth-order valence-corrected chi connectivity index (χ4v) is 2.08. The second-order valence-electron chi connectivity index (χ2n) is 5.30. The highest BCUT2D eigenvalue weighted by atomic mass is 15.4. The summed E-state index contributed by atoms with van der Waals surface area (Å²) in [5, 5.41) is 8.31. The SMILES string of the molecule is CC(C)Cc1ccc(-c2cn(CCCN)nn2)cc1. The van der Waals surface area contributed by atoms with E-state index in [9.17, 15) is 0 Å². The normalized spacial score (nSPS) is 11.2. The van der Waals surface area contributed by atoms with Gasteiger partial charge in [-0.3, -0.25) is 4.68 Å². The summed E-state index contributed by atoms with van der Waals surface area (Å²) in [6.45, 7) is 5.97. The largest absolute Gasteiger partial charge is 0.330 e. The van der Waals surface area contributed by atoms with Gasteiger partial charge in [-0.25, -0.2) is 0 Å². The van der Waals surface area contributed by atoms with Gasteiger partial charge in [0.1, 0.15) is 5.69 Å². The monoisotopic (exact) mass is 258 g/mol. The molecule has 0 bridgehead atoms. The lowest BCUT2D eigenvalue weighted by molar-refractivity contribution is 0.564. The minimum Gasteiger partial charge on any atom is -0.330 e. The minimum absolute atomic E-state index is 0.680. The Bertz CT molecular complexity index is 499. The molecule has 1 aromatic carbocycles. The van der Waals surface area contributed by atoms with Crippen molar-refractivity contribution in [3.63, 3.8) is 0 Å². The molecule has 0 aliphatic rings. The molecule has 1 aromatic heterocycles. The van der Waals surface area contributed by atoms with E-state index in [0.717, 1.165) is 30.6 Å². The molecule has 4 nitrogen and oxygen atoms in total. The lowest BCUT2D eigenvalue weighted by Crippen LogP contribution is -2.06. The van der Waals surface area contributed by atoms with Crippen LogP contribution in [0.15, 0.2) is 30.5 Å². The molecular formula is C15H22N4. The molecule has 0 aliphatic carbocycles. The predicted molar refractivity (Wildman–Crippen MR) is 77.7 cm³/mol. The van der Waals surface area contributed by atoms with Crippen LogP contribution in [0.5, 0.6) is 0 Å². The summed E-state index contributed by atoms with van der Waals surface area (Å²) in [4.78, 5) is 0. The number of nitrogens with zero attached hydrogens (tertiary/aromatic N) is 3. The molecule has 0 saturated carbocycles. The zero-order valence-corrected chi connectivity index (χ0v) is 11.7. The smallest absolute Gasteiger partial charge is 0.113 e. The van der Waals surface area contributed by atoms with Crippen molar-refractivity contribution in [1.29, 1.82) is 0 Å². The Kier molecular flexibility index (Phi) is 4.68. The van der Waals surface area contributed by atoms with Crippen molar-refractivity contribution in [2.24, 2.45) is 11.7 Å². The highest BCUT2D eigenvalue weighted by Gasteiger charge is 2.04. The second kappa shape index (κ2) is 6.48. The Hall–Kier alpha value is -1.68. The maximum atomic E-state index is 5.49. The van der Waals surface area contributed by atoms with Crippen molar-refractivity contribution >= 4 is 0 Å². The molecule has 0 saturated heterocycles. The molecule has 0 spiro atoms. The van der Waals surface area contributed by atoms with Crippen LogP contribution in [-0.4, -0.2) is 21.5 Å². The highest BCUT2D eigenvalue weighted by Crippen LogP contribution is 2.18. The molecule has 0 radical (unpaired) electrons. The Labute approximate surface area is 114 Å². The van der Waals surface area contributed by atoms with Gasteiger partial charge in [0, 0.05) is 12.1 Å². The van der Waals surface area contributed by atoms with E-state index in [0.29, 0.717) is 12.5 Å². The van der Waals surface area contributed by atoms with Gasteiger partial charge in [-0.05, 0) is 30.9 Å². The van der Waals surface area contributed by atoms with E-state index in [1.165, 1.54) is 5.56 Å². The third-order valence-electron chi connectivity index (χ3n) is 3.02. The molecular weight excluding hydrogens is 236 g/mol. The first-order valence-corrected chi connectivity index (χ1v) is 6.88. The maximum Gasteiger partial charge on any atom is 0.113 e. The van der Waals surface area contributed by atoms with Crippen LogP contribution in [0.25, 0.3) is 11.3 Å². The molecule has 19 heavy (non-hydrogen) atoms. The van der Waals surface area contributed by atoms with Gasteiger partial charge in [0.25, 0.3) is 0 Å². The Morgan fingerprint density at radius 2 is 1.95 bits per heavy atom. The molecule has 4 heteroatoms. The molecule has 0 aliphatic heterocycles. The van der Waals surface area contributed by atoms with Crippen molar-refractivity contribution in [2.45, 2.75) is 33.2 Å². The van der Waals surface area contributed by atoms with E-state index in [1.807, 2.05) is 10.9 Å². The van der Waals surface area contributed by atoms with E-state index >= 15 is 0 Å². The Balaban J connectivity index is 2.07. The first-order chi connectivity index (χ1) is 9.19. The summed E-state index contributed by atoms with van der Waals surface area (Å²) in [5.74, 6) is 0.683. The van der Waals surface area contributed by atoms with Gasteiger partial charge < -0.3 is 5.73 Å². The van der Waals surface area contributed by atoms with Crippen molar-refractivity contribution in [1.82, 2.24) is 15.0 Å². The van der Waals surface area contributed by atoms with Crippen LogP contribution < -0.4 is 5.73 Å². The highest BCUT2D eigenvalue weighted by molar-refractivity contribution is 5.57.